The summed E-state index contributed by atoms with van der Waals surface area (Å²) in [6.45, 7) is 16.1. The van der Waals surface area contributed by atoms with Gasteiger partial charge in [0.2, 0.25) is 0 Å². The average Bonchev–Trinajstić information content (AvgIpc) is 1.77. The standard InChI is InChI=1S/C26H26N6O.C21H21N3O2.C20H19N3O2.C14H12BrNO2.C7H11BN2O2.C6H9N3.Na.H2O/c1-17-3-6-24(29-12-17)20-9-21(25-7-8-31-32(25)16-19-4-5-19)11-22(10-20)26(33)30-15-23-14-27-18(2)13-28-23;1-14-3-6-19(22-12-14)16-9-17(11-18(10-16)21(25)26-2)20-7-8-23-24(20)13-15-4-5-15;1-13-2-5-18(21-11-13)15-8-16(10-17(9-15)20(24)25)19-6-7-22-23(19)12-14-3-4-14;1-9-3-4-13(16-8-9)10-5-11(14(17)18-2)7-12(15)6-10;11-8(12)7-3-4-9-10(7)5-6-1-2-6;1-5-3-9-6(2-7)4-8-5;;/h3,6-14,19H,4-5,15-16H2,1-2H3,(H,30,33);3,6-12,15H,4-5,13H2,1-2H3;2,5-11,14H,3-4,12H2,1H3,(H,24,25);3-8H,1-2H3;3-4,6,11-12H,1-2,5H2;3-4H,2,7H2,1H3;;1H2/q;;;;;;+1;/p-1. The Hall–Kier alpha value is -12.3. The third-order valence-corrected chi connectivity index (χ3v) is 21.2. The summed E-state index contributed by atoms with van der Waals surface area (Å²) in [5, 5.41) is 47.7. The molecule has 10 heterocycles. The van der Waals surface area contributed by atoms with Crippen molar-refractivity contribution < 1.29 is 78.8 Å². The molecule has 0 saturated heterocycles. The number of ether oxygens (including phenoxy) is 2. The molecule has 1 amide bonds. The maximum Gasteiger partial charge on any atom is 1.00 e. The van der Waals surface area contributed by atoms with Crippen molar-refractivity contribution in [3.05, 3.63) is 292 Å². The van der Waals surface area contributed by atoms with Crippen molar-refractivity contribution in [3.8, 4) is 78.8 Å². The first-order chi connectivity index (χ1) is 59.5. The van der Waals surface area contributed by atoms with Gasteiger partial charge in [-0.1, -0.05) is 40.2 Å². The summed E-state index contributed by atoms with van der Waals surface area (Å²) >= 11 is 3.39. The molecule has 0 radical (unpaired) electrons. The zero-order valence-corrected chi connectivity index (χ0v) is 75.0. The van der Waals surface area contributed by atoms with E-state index in [0.717, 1.165) is 155 Å². The number of carbonyl (C=O) groups is 4. The van der Waals surface area contributed by atoms with Crippen LogP contribution in [0.15, 0.2) is 224 Å². The molecule has 4 saturated carbocycles. The van der Waals surface area contributed by atoms with E-state index < -0.39 is 13.1 Å². The number of nitrogens with two attached hydrogens (primary N) is 1. The number of pyridine rings is 4. The average molecular weight is 1750 g/mol. The summed E-state index contributed by atoms with van der Waals surface area (Å²) in [7, 11) is 1.37. The Morgan fingerprint density at radius 2 is 0.752 bits per heavy atom. The molecule has 10 aromatic heterocycles. The number of aryl methyl sites for hydroxylation is 6. The van der Waals surface area contributed by atoms with Crippen molar-refractivity contribution in [1.29, 1.82) is 0 Å². The second kappa shape index (κ2) is 44.4. The molecular weight excluding hydrogens is 1650 g/mol. The number of carbonyl (C=O) groups excluding carboxylic acids is 3. The molecule has 31 heteroatoms. The number of halogens is 1. The van der Waals surface area contributed by atoms with Crippen LogP contribution in [0.1, 0.15) is 138 Å². The Bertz CT molecular complexity index is 5940. The smallest absolute Gasteiger partial charge is 0.870 e. The van der Waals surface area contributed by atoms with Crippen LogP contribution in [0.25, 0.3) is 78.8 Å². The molecule has 0 unspecified atom stereocenters. The monoisotopic (exact) mass is 1750 g/mol. The van der Waals surface area contributed by atoms with E-state index >= 15 is 0 Å². The minimum Gasteiger partial charge on any atom is -0.870 e. The van der Waals surface area contributed by atoms with E-state index in [-0.39, 0.29) is 58.4 Å². The van der Waals surface area contributed by atoms with Crippen molar-refractivity contribution in [2.24, 2.45) is 29.4 Å². The predicted octanol–water partition coefficient (Wildman–Crippen LogP) is 12.2. The SMILES string of the molecule is COC(=O)c1cc(-c2ccc(C)cn2)cc(-c2ccnn2CC2CC2)c1.COC(=O)c1cc(Br)cc(-c2ccc(C)cn2)c1.Cc1ccc(-c2cc(C(=O)NCc3cnc(C)cn3)cc(-c3ccnn3CC3CC3)c2)nc1.Cc1ccc(-c2cc(C(=O)O)cc(-c3ccnn3CC3CC3)c2)nc1.Cc1cnc(CN)cn1.OB(O)c1ccnn1CC1CC1.[Na+].[OH-]. The number of carboxylic acid groups (broad SMARTS) is 1. The first-order valence-electron chi connectivity index (χ1n) is 40.8. The minimum absolute atomic E-state index is 0. The zero-order valence-electron chi connectivity index (χ0n) is 71.4. The van der Waals surface area contributed by atoms with Crippen LogP contribution in [0.3, 0.4) is 0 Å². The fourth-order valence-electron chi connectivity index (χ4n) is 13.2. The van der Waals surface area contributed by atoms with Gasteiger partial charge in [-0.05, 0) is 260 Å². The molecule has 4 aliphatic carbocycles. The molecule has 0 spiro atoms. The van der Waals surface area contributed by atoms with E-state index in [1.165, 1.54) is 65.6 Å². The number of carboxylic acids is 1. The number of hydrogen-bond donors (Lipinski definition) is 5. The summed E-state index contributed by atoms with van der Waals surface area (Å²) in [6, 6.07) is 45.8. The molecule has 18 rings (SSSR count). The number of hydrogen-bond acceptors (Lipinski definition) is 22. The van der Waals surface area contributed by atoms with Crippen molar-refractivity contribution in [1.82, 2.24) is 84.3 Å². The van der Waals surface area contributed by atoms with Gasteiger partial charge >= 0.3 is 54.6 Å². The van der Waals surface area contributed by atoms with Crippen molar-refractivity contribution in [2.75, 3.05) is 14.2 Å². The molecule has 4 fully saturated rings. The van der Waals surface area contributed by atoms with Gasteiger partial charge in [0, 0.05) is 150 Å². The first kappa shape index (κ1) is 93.4. The van der Waals surface area contributed by atoms with Gasteiger partial charge in [0.05, 0.1) is 112 Å². The Morgan fingerprint density at radius 3 is 1.10 bits per heavy atom. The summed E-state index contributed by atoms with van der Waals surface area (Å²) < 4.78 is 18.2. The molecule has 28 nitrogen and oxygen atoms in total. The Morgan fingerprint density at radius 1 is 0.416 bits per heavy atom. The van der Waals surface area contributed by atoms with Crippen LogP contribution in [-0.2, 0) is 48.7 Å². The molecule has 7 N–H and O–H groups in total. The maximum atomic E-state index is 13.1. The quantitative estimate of drug-likeness (QED) is 0.0293. The van der Waals surface area contributed by atoms with Gasteiger partial charge in [0.25, 0.3) is 5.91 Å². The van der Waals surface area contributed by atoms with Gasteiger partial charge in [0.15, 0.2) is 0 Å². The number of amides is 1. The van der Waals surface area contributed by atoms with Gasteiger partial charge < -0.3 is 41.2 Å². The van der Waals surface area contributed by atoms with E-state index in [4.69, 9.17) is 25.3 Å². The first-order valence-corrected chi connectivity index (χ1v) is 41.6. The summed E-state index contributed by atoms with van der Waals surface area (Å²) in [6.07, 6.45) is 31.0. The molecule has 0 atom stereocenters. The molecule has 14 aromatic rings. The van der Waals surface area contributed by atoms with Gasteiger partial charge in [-0.15, -0.1) is 0 Å². The number of rotatable bonds is 23. The third kappa shape index (κ3) is 27.1. The fourth-order valence-corrected chi connectivity index (χ4v) is 13.7. The zero-order chi connectivity index (χ0) is 86.6. The normalized spacial score (nSPS) is 12.8. The molecular formula is C94H99BBrN18NaO10. The van der Waals surface area contributed by atoms with Crippen molar-refractivity contribution >= 4 is 52.5 Å². The van der Waals surface area contributed by atoms with Gasteiger partial charge in [0.1, 0.15) is 0 Å². The Labute approximate surface area is 756 Å². The number of aromatic carboxylic acids is 1. The summed E-state index contributed by atoms with van der Waals surface area (Å²) in [4.78, 5) is 82.9. The summed E-state index contributed by atoms with van der Waals surface area (Å²) in [5.74, 6) is 0.990. The number of nitrogens with one attached hydrogen (secondary N) is 1. The van der Waals surface area contributed by atoms with E-state index in [1.807, 2.05) is 184 Å². The Balaban J connectivity index is 0.000000151. The molecule has 4 aliphatic rings. The molecule has 636 valence electrons. The molecule has 125 heavy (non-hydrogen) atoms. The van der Waals surface area contributed by atoms with Crippen LogP contribution in [0.4, 0.5) is 0 Å². The minimum atomic E-state index is -1.40. The van der Waals surface area contributed by atoms with Crippen LogP contribution < -0.4 is 46.2 Å². The topological polar surface area (TPSA) is 390 Å². The van der Waals surface area contributed by atoms with Crippen molar-refractivity contribution in [3.63, 3.8) is 0 Å². The third-order valence-electron chi connectivity index (χ3n) is 20.7. The van der Waals surface area contributed by atoms with E-state index in [9.17, 15) is 24.3 Å². The number of aromatic nitrogens is 16. The van der Waals surface area contributed by atoms with Crippen LogP contribution in [0.5, 0.6) is 0 Å². The fraction of sp³-hybridized carbons (Fsp3) is 0.277. The van der Waals surface area contributed by atoms with E-state index in [1.54, 1.807) is 84.6 Å². The summed E-state index contributed by atoms with van der Waals surface area (Å²) in [5.41, 5.74) is 27.8. The second-order valence-electron chi connectivity index (χ2n) is 31.3. The van der Waals surface area contributed by atoms with Crippen LogP contribution in [0.2, 0.25) is 0 Å². The van der Waals surface area contributed by atoms with Crippen molar-refractivity contribution in [2.45, 2.75) is 132 Å². The second-order valence-corrected chi connectivity index (χ2v) is 32.2. The molecule has 0 bridgehead atoms. The number of nitrogens with zero attached hydrogens (tertiary/aromatic N) is 16. The van der Waals surface area contributed by atoms with Crippen LogP contribution in [0, 0.1) is 65.2 Å². The number of methoxy groups -OCH3 is 2. The molecule has 0 aliphatic heterocycles. The van der Waals surface area contributed by atoms with Gasteiger partial charge in [-0.3, -0.25) is 63.4 Å². The maximum absolute atomic E-state index is 13.1. The van der Waals surface area contributed by atoms with Crippen LogP contribution in [-0.4, -0.2) is 145 Å². The number of esters is 2. The Kier molecular flexibility index (Phi) is 33.2. The van der Waals surface area contributed by atoms with E-state index in [2.05, 4.69) is 93.6 Å². The number of benzene rings is 4. The van der Waals surface area contributed by atoms with Gasteiger partial charge in [-0.25, -0.2) is 14.4 Å². The molecule has 4 aromatic carbocycles. The van der Waals surface area contributed by atoms with Crippen LogP contribution >= 0.6 is 15.9 Å². The predicted molar refractivity (Wildman–Crippen MR) is 476 cm³/mol. The largest absolute Gasteiger partial charge is 1.00 e. The van der Waals surface area contributed by atoms with E-state index in [0.29, 0.717) is 58.8 Å². The van der Waals surface area contributed by atoms with Gasteiger partial charge in [-0.2, -0.15) is 20.4 Å².